The summed E-state index contributed by atoms with van der Waals surface area (Å²) in [7, 11) is 0. The van der Waals surface area contributed by atoms with Crippen LogP contribution in [0.2, 0.25) is 5.02 Å². The van der Waals surface area contributed by atoms with Gasteiger partial charge >= 0.3 is 0 Å². The normalized spacial score (nSPS) is 12.2. The van der Waals surface area contributed by atoms with Gasteiger partial charge in [-0.25, -0.2) is 0 Å². The summed E-state index contributed by atoms with van der Waals surface area (Å²) < 4.78 is 5.40. The van der Waals surface area contributed by atoms with Gasteiger partial charge in [0.1, 0.15) is 5.69 Å². The molecule has 6 heteroatoms. The summed E-state index contributed by atoms with van der Waals surface area (Å²) in [6.45, 7) is 0.559. The summed E-state index contributed by atoms with van der Waals surface area (Å²) >= 11 is 6.19. The Labute approximate surface area is 162 Å². The first kappa shape index (κ1) is 17.5. The van der Waals surface area contributed by atoms with Crippen molar-refractivity contribution < 1.29 is 4.52 Å². The predicted molar refractivity (Wildman–Crippen MR) is 109 cm³/mol. The molecule has 0 unspecified atom stereocenters. The quantitative estimate of drug-likeness (QED) is 0.515. The third-order valence-corrected chi connectivity index (χ3v) is 4.79. The van der Waals surface area contributed by atoms with E-state index in [1.54, 1.807) is 6.20 Å². The number of benzene rings is 2. The van der Waals surface area contributed by atoms with Crippen LogP contribution < -0.4 is 11.1 Å². The number of rotatable bonds is 6. The van der Waals surface area contributed by atoms with Crippen molar-refractivity contribution in [2.24, 2.45) is 5.73 Å². The van der Waals surface area contributed by atoms with Crippen LogP contribution in [-0.4, -0.2) is 22.7 Å². The number of anilines is 1. The number of pyridine rings is 1. The number of hydrogen-bond donors (Lipinski definition) is 2. The second kappa shape index (κ2) is 7.78. The van der Waals surface area contributed by atoms with Crippen LogP contribution in [0.5, 0.6) is 0 Å². The number of fused-ring (bicyclic) bond motifs is 1. The van der Waals surface area contributed by atoms with Gasteiger partial charge in [0.05, 0.1) is 0 Å². The third kappa shape index (κ3) is 4.10. The van der Waals surface area contributed by atoms with Crippen molar-refractivity contribution in [3.63, 3.8) is 0 Å². The van der Waals surface area contributed by atoms with Gasteiger partial charge < -0.3 is 15.6 Å². The smallest absolute Gasteiger partial charge is 0.225 e. The minimum atomic E-state index is -0.0911. The molecule has 0 saturated carbocycles. The molecule has 0 bridgehead atoms. The molecule has 0 radical (unpaired) electrons. The summed E-state index contributed by atoms with van der Waals surface area (Å²) in [5.41, 5.74) is 9.02. The van der Waals surface area contributed by atoms with E-state index in [1.807, 2.05) is 54.7 Å². The maximum absolute atomic E-state index is 6.21. The van der Waals surface area contributed by atoms with Gasteiger partial charge in [-0.2, -0.15) is 0 Å². The summed E-state index contributed by atoms with van der Waals surface area (Å²) in [6, 6.07) is 17.6. The molecule has 2 heterocycles. The number of nitrogens with zero attached hydrogens (tertiary/aromatic N) is 2. The minimum Gasteiger partial charge on any atom is -0.352 e. The molecule has 0 fully saturated rings. The average molecular weight is 379 g/mol. The van der Waals surface area contributed by atoms with E-state index in [4.69, 9.17) is 21.9 Å². The summed E-state index contributed by atoms with van der Waals surface area (Å²) in [5, 5.41) is 10.3. The van der Waals surface area contributed by atoms with Crippen molar-refractivity contribution in [3.05, 3.63) is 77.6 Å². The second-order valence-corrected chi connectivity index (χ2v) is 6.86. The molecule has 0 saturated heterocycles. The van der Waals surface area contributed by atoms with Crippen molar-refractivity contribution in [1.82, 2.24) is 10.1 Å². The highest BCUT2D eigenvalue weighted by Crippen LogP contribution is 2.25. The number of hydrogen-bond acceptors (Lipinski definition) is 5. The van der Waals surface area contributed by atoms with E-state index in [1.165, 1.54) is 0 Å². The lowest BCUT2D eigenvalue weighted by molar-refractivity contribution is 0.433. The Kier molecular flexibility index (Phi) is 5.05. The predicted octanol–water partition coefficient (Wildman–Crippen LogP) is 4.53. The van der Waals surface area contributed by atoms with Crippen LogP contribution >= 0.6 is 11.6 Å². The lowest BCUT2D eigenvalue weighted by atomic mass is 10.1. The fraction of sp³-hybridized carbons (Fsp3) is 0.143. The highest BCUT2D eigenvalue weighted by molar-refractivity contribution is 6.31. The van der Waals surface area contributed by atoms with E-state index in [-0.39, 0.29) is 6.04 Å². The zero-order chi connectivity index (χ0) is 18.6. The first-order valence-corrected chi connectivity index (χ1v) is 9.10. The van der Waals surface area contributed by atoms with Gasteiger partial charge in [0.15, 0.2) is 0 Å². The van der Waals surface area contributed by atoms with Gasteiger partial charge in [0.25, 0.3) is 0 Å². The third-order valence-electron chi connectivity index (χ3n) is 4.42. The maximum Gasteiger partial charge on any atom is 0.225 e. The van der Waals surface area contributed by atoms with Gasteiger partial charge in [-0.1, -0.05) is 47.1 Å². The van der Waals surface area contributed by atoms with Crippen molar-refractivity contribution >= 4 is 28.3 Å². The van der Waals surface area contributed by atoms with Crippen LogP contribution in [-0.2, 0) is 6.42 Å². The van der Waals surface area contributed by atoms with Gasteiger partial charge in [-0.15, -0.1) is 0 Å². The summed E-state index contributed by atoms with van der Waals surface area (Å²) in [4.78, 5) is 4.13. The van der Waals surface area contributed by atoms with E-state index in [2.05, 4.69) is 21.5 Å². The van der Waals surface area contributed by atoms with E-state index < -0.39 is 0 Å². The molecule has 0 aliphatic carbocycles. The SMILES string of the molecule is N[C@H](CNc1cc(-c2ccc3cnccc3c2)no1)Cc1ccccc1Cl. The second-order valence-electron chi connectivity index (χ2n) is 6.45. The van der Waals surface area contributed by atoms with Crippen LogP contribution in [0.25, 0.3) is 22.0 Å². The Morgan fingerprint density at radius 2 is 1.96 bits per heavy atom. The Bertz CT molecular complexity index is 1060. The van der Waals surface area contributed by atoms with Gasteiger partial charge in [-0.05, 0) is 35.6 Å². The zero-order valence-corrected chi connectivity index (χ0v) is 15.4. The number of aromatic nitrogens is 2. The Hall–Kier alpha value is -2.89. The molecule has 5 nitrogen and oxygen atoms in total. The maximum atomic E-state index is 6.21. The van der Waals surface area contributed by atoms with Crippen LogP contribution in [0.3, 0.4) is 0 Å². The average Bonchev–Trinajstić information content (AvgIpc) is 3.17. The van der Waals surface area contributed by atoms with Crippen molar-refractivity contribution in [1.29, 1.82) is 0 Å². The van der Waals surface area contributed by atoms with Crippen molar-refractivity contribution in [2.75, 3.05) is 11.9 Å². The van der Waals surface area contributed by atoms with Crippen LogP contribution in [0.15, 0.2) is 71.5 Å². The number of nitrogens with two attached hydrogens (primary N) is 1. The largest absolute Gasteiger partial charge is 0.352 e. The summed E-state index contributed by atoms with van der Waals surface area (Å²) in [6.07, 6.45) is 4.31. The molecule has 0 amide bonds. The van der Waals surface area contributed by atoms with Crippen LogP contribution in [0.1, 0.15) is 5.56 Å². The molecule has 4 rings (SSSR count). The Morgan fingerprint density at radius 3 is 2.85 bits per heavy atom. The number of halogens is 1. The molecule has 2 aromatic heterocycles. The van der Waals surface area contributed by atoms with Gasteiger partial charge in [0.2, 0.25) is 5.88 Å². The molecule has 4 aromatic rings. The minimum absolute atomic E-state index is 0.0911. The highest BCUT2D eigenvalue weighted by atomic mass is 35.5. The van der Waals surface area contributed by atoms with E-state index in [0.717, 1.165) is 32.6 Å². The number of nitrogens with one attached hydrogen (secondary N) is 1. The van der Waals surface area contributed by atoms with Crippen molar-refractivity contribution in [2.45, 2.75) is 12.5 Å². The lowest BCUT2D eigenvalue weighted by Gasteiger charge is -2.12. The first-order chi connectivity index (χ1) is 13.2. The molecule has 2 aromatic carbocycles. The zero-order valence-electron chi connectivity index (χ0n) is 14.6. The highest BCUT2D eigenvalue weighted by Gasteiger charge is 2.10. The monoisotopic (exact) mass is 378 g/mol. The molecule has 0 aliphatic rings. The lowest BCUT2D eigenvalue weighted by Crippen LogP contribution is -2.31. The topological polar surface area (TPSA) is 77.0 Å². The van der Waals surface area contributed by atoms with Gasteiger partial charge in [0, 0.05) is 47.0 Å². The standard InChI is InChI=1S/C21H19ClN4O/c22-19-4-2-1-3-15(19)10-18(23)13-25-21-11-20(26-27-21)16-5-6-17-12-24-8-7-14(17)9-16/h1-9,11-12,18,25H,10,13,23H2/t18-/m0/s1. The van der Waals surface area contributed by atoms with E-state index >= 15 is 0 Å². The fourth-order valence-electron chi connectivity index (χ4n) is 2.99. The molecule has 0 aliphatic heterocycles. The Balaban J connectivity index is 1.41. The van der Waals surface area contributed by atoms with Crippen LogP contribution in [0.4, 0.5) is 5.88 Å². The summed E-state index contributed by atoms with van der Waals surface area (Å²) in [5.74, 6) is 0.592. The van der Waals surface area contributed by atoms with E-state index in [0.29, 0.717) is 18.8 Å². The molecule has 3 N–H and O–H groups in total. The van der Waals surface area contributed by atoms with Crippen LogP contribution in [0, 0.1) is 0 Å². The fourth-order valence-corrected chi connectivity index (χ4v) is 3.20. The molecule has 0 spiro atoms. The van der Waals surface area contributed by atoms with Gasteiger partial charge in [-0.3, -0.25) is 4.98 Å². The first-order valence-electron chi connectivity index (χ1n) is 8.73. The van der Waals surface area contributed by atoms with E-state index in [9.17, 15) is 0 Å². The molecule has 1 atom stereocenters. The molecule has 136 valence electrons. The molecular weight excluding hydrogens is 360 g/mol. The molecule has 27 heavy (non-hydrogen) atoms. The van der Waals surface area contributed by atoms with Crippen molar-refractivity contribution in [3.8, 4) is 11.3 Å². The molecular formula is C21H19ClN4O. The Morgan fingerprint density at radius 1 is 1.07 bits per heavy atom.